The Morgan fingerprint density at radius 1 is 0.864 bits per heavy atom. The van der Waals surface area contributed by atoms with Gasteiger partial charge in [0.1, 0.15) is 0 Å². The zero-order valence-electron chi connectivity index (χ0n) is 14.1. The molecule has 0 aliphatic carbocycles. The van der Waals surface area contributed by atoms with Crippen LogP contribution in [0.1, 0.15) is 28.4 Å². The van der Waals surface area contributed by atoms with E-state index in [9.17, 15) is 4.79 Å². The van der Waals surface area contributed by atoms with Crippen LogP contribution in [0.15, 0.2) is 42.5 Å². The molecular weight excluding hydrogens is 272 g/mol. The molecule has 0 saturated heterocycles. The molecule has 22 heavy (non-hydrogen) atoms. The normalized spacial score (nSPS) is 10.4. The molecule has 0 aliphatic rings. The van der Waals surface area contributed by atoms with Crippen LogP contribution in [0.5, 0.6) is 0 Å². The maximum atomic E-state index is 12.8. The molecule has 0 heterocycles. The Morgan fingerprint density at radius 3 is 1.91 bits per heavy atom. The van der Waals surface area contributed by atoms with Gasteiger partial charge in [-0.05, 0) is 54.4 Å². The van der Waals surface area contributed by atoms with E-state index in [-0.39, 0.29) is 5.78 Å². The van der Waals surface area contributed by atoms with Crippen molar-refractivity contribution in [3.8, 4) is 0 Å². The molecule has 0 saturated carbocycles. The van der Waals surface area contributed by atoms with E-state index in [0.29, 0.717) is 0 Å². The smallest absolute Gasteiger partial charge is 0.193 e. The molecule has 0 aromatic heterocycles. The van der Waals surface area contributed by atoms with E-state index in [4.69, 9.17) is 0 Å². The van der Waals surface area contributed by atoms with Gasteiger partial charge in [-0.3, -0.25) is 4.79 Å². The number of nitrogens with zero attached hydrogens (tertiary/aromatic N) is 2. The lowest BCUT2D eigenvalue weighted by molar-refractivity contribution is 0.103. The first kappa shape index (κ1) is 16.1. The molecule has 0 unspecified atom stereocenters. The molecule has 0 fully saturated rings. The number of benzene rings is 2. The summed E-state index contributed by atoms with van der Waals surface area (Å²) in [5, 5.41) is 0. The molecule has 0 aliphatic heterocycles. The van der Waals surface area contributed by atoms with Crippen LogP contribution >= 0.6 is 0 Å². The van der Waals surface area contributed by atoms with Crippen LogP contribution in [-0.2, 0) is 6.42 Å². The SMILES string of the molecule is CCc1cc(N(C)C)ccc1C(=O)c1ccc(N(C)C)cc1. The Morgan fingerprint density at radius 2 is 1.41 bits per heavy atom. The van der Waals surface area contributed by atoms with Crippen molar-refractivity contribution in [1.29, 1.82) is 0 Å². The molecule has 0 N–H and O–H groups in total. The Balaban J connectivity index is 2.36. The molecule has 2 rings (SSSR count). The van der Waals surface area contributed by atoms with Crippen LogP contribution in [0, 0.1) is 0 Å². The average molecular weight is 296 g/mol. The summed E-state index contributed by atoms with van der Waals surface area (Å²) in [7, 11) is 8.00. The van der Waals surface area contributed by atoms with Crippen LogP contribution in [0.25, 0.3) is 0 Å². The number of anilines is 2. The largest absolute Gasteiger partial charge is 0.378 e. The molecule has 0 radical (unpaired) electrons. The van der Waals surface area contributed by atoms with Gasteiger partial charge in [0, 0.05) is 50.7 Å². The molecule has 0 amide bonds. The van der Waals surface area contributed by atoms with Gasteiger partial charge in [-0.1, -0.05) is 6.92 Å². The average Bonchev–Trinajstić information content (AvgIpc) is 2.53. The first-order chi connectivity index (χ1) is 10.4. The minimum absolute atomic E-state index is 0.0902. The highest BCUT2D eigenvalue weighted by Gasteiger charge is 2.14. The monoisotopic (exact) mass is 296 g/mol. The molecule has 2 aromatic rings. The third-order valence-corrected chi connectivity index (χ3v) is 3.88. The minimum Gasteiger partial charge on any atom is -0.378 e. The molecule has 0 bridgehead atoms. The van der Waals surface area contributed by atoms with Crippen molar-refractivity contribution < 1.29 is 4.79 Å². The van der Waals surface area contributed by atoms with Crippen LogP contribution in [0.2, 0.25) is 0 Å². The van der Waals surface area contributed by atoms with E-state index < -0.39 is 0 Å². The summed E-state index contributed by atoms with van der Waals surface area (Å²) in [6.07, 6.45) is 0.846. The van der Waals surface area contributed by atoms with Gasteiger partial charge in [-0.25, -0.2) is 0 Å². The fourth-order valence-electron chi connectivity index (χ4n) is 2.44. The maximum absolute atomic E-state index is 12.8. The summed E-state index contributed by atoms with van der Waals surface area (Å²) < 4.78 is 0. The molecule has 0 atom stereocenters. The Bertz CT molecular complexity index is 658. The zero-order chi connectivity index (χ0) is 16.3. The van der Waals surface area contributed by atoms with Crippen LogP contribution < -0.4 is 9.80 Å². The van der Waals surface area contributed by atoms with E-state index >= 15 is 0 Å². The van der Waals surface area contributed by atoms with Crippen molar-refractivity contribution in [3.63, 3.8) is 0 Å². The summed E-state index contributed by atoms with van der Waals surface area (Å²) in [5.74, 6) is 0.0902. The number of carbonyl (C=O) groups excluding carboxylic acids is 1. The van der Waals surface area contributed by atoms with Crippen molar-refractivity contribution in [3.05, 3.63) is 59.2 Å². The highest BCUT2D eigenvalue weighted by Crippen LogP contribution is 2.22. The molecule has 2 aromatic carbocycles. The third-order valence-electron chi connectivity index (χ3n) is 3.88. The summed E-state index contributed by atoms with van der Waals surface area (Å²) >= 11 is 0. The first-order valence-electron chi connectivity index (χ1n) is 7.56. The lowest BCUT2D eigenvalue weighted by Crippen LogP contribution is -2.12. The number of carbonyl (C=O) groups is 1. The predicted molar refractivity (Wildman–Crippen MR) is 94.3 cm³/mol. The minimum atomic E-state index is 0.0902. The second-order valence-corrected chi connectivity index (χ2v) is 5.86. The number of aryl methyl sites for hydroxylation is 1. The van der Waals surface area contributed by atoms with Crippen molar-refractivity contribution in [2.45, 2.75) is 13.3 Å². The van der Waals surface area contributed by atoms with Crippen LogP contribution in [0.3, 0.4) is 0 Å². The van der Waals surface area contributed by atoms with Crippen LogP contribution in [0.4, 0.5) is 11.4 Å². The second-order valence-electron chi connectivity index (χ2n) is 5.86. The van der Waals surface area contributed by atoms with E-state index in [1.807, 2.05) is 69.5 Å². The lowest BCUT2D eigenvalue weighted by Gasteiger charge is -2.16. The quantitative estimate of drug-likeness (QED) is 0.787. The number of ketones is 1. The number of rotatable bonds is 5. The highest BCUT2D eigenvalue weighted by atomic mass is 16.1. The number of hydrogen-bond donors (Lipinski definition) is 0. The van der Waals surface area contributed by atoms with Gasteiger partial charge in [-0.15, -0.1) is 0 Å². The summed E-state index contributed by atoms with van der Waals surface area (Å²) in [4.78, 5) is 16.8. The Hall–Kier alpha value is -2.29. The topological polar surface area (TPSA) is 23.6 Å². The first-order valence-corrected chi connectivity index (χ1v) is 7.56. The van der Waals surface area contributed by atoms with Gasteiger partial charge in [0.2, 0.25) is 0 Å². The third kappa shape index (κ3) is 3.30. The molecule has 3 nitrogen and oxygen atoms in total. The fraction of sp³-hybridized carbons (Fsp3) is 0.316. The van der Waals surface area contributed by atoms with Crippen LogP contribution in [-0.4, -0.2) is 34.0 Å². The summed E-state index contributed by atoms with van der Waals surface area (Å²) in [5.41, 5.74) is 4.84. The maximum Gasteiger partial charge on any atom is 0.193 e. The number of hydrogen-bond acceptors (Lipinski definition) is 3. The van der Waals surface area contributed by atoms with Gasteiger partial charge in [0.25, 0.3) is 0 Å². The van der Waals surface area contributed by atoms with Crippen molar-refractivity contribution >= 4 is 17.2 Å². The molecular formula is C19H24N2O. The molecule has 3 heteroatoms. The van der Waals surface area contributed by atoms with Gasteiger partial charge in [0.15, 0.2) is 5.78 Å². The fourth-order valence-corrected chi connectivity index (χ4v) is 2.44. The van der Waals surface area contributed by atoms with Crippen molar-refractivity contribution in [1.82, 2.24) is 0 Å². The van der Waals surface area contributed by atoms with E-state index in [2.05, 4.69) is 17.9 Å². The predicted octanol–water partition coefficient (Wildman–Crippen LogP) is 3.61. The van der Waals surface area contributed by atoms with Gasteiger partial charge in [-0.2, -0.15) is 0 Å². The van der Waals surface area contributed by atoms with Gasteiger partial charge in [0.05, 0.1) is 0 Å². The Labute approximate surface area is 133 Å². The van der Waals surface area contributed by atoms with E-state index in [1.165, 1.54) is 0 Å². The zero-order valence-corrected chi connectivity index (χ0v) is 14.1. The van der Waals surface area contributed by atoms with Gasteiger partial charge < -0.3 is 9.80 Å². The van der Waals surface area contributed by atoms with Gasteiger partial charge >= 0.3 is 0 Å². The van der Waals surface area contributed by atoms with E-state index in [0.717, 1.165) is 34.5 Å². The lowest BCUT2D eigenvalue weighted by atomic mass is 9.96. The molecule has 0 spiro atoms. The summed E-state index contributed by atoms with van der Waals surface area (Å²) in [6.45, 7) is 2.08. The Kier molecular flexibility index (Phi) is 4.86. The standard InChI is InChI=1S/C19H24N2O/c1-6-14-13-17(21(4)5)11-12-18(14)19(22)15-7-9-16(10-8-15)20(2)3/h7-13H,6H2,1-5H3. The molecule has 116 valence electrons. The second kappa shape index (κ2) is 6.65. The summed E-state index contributed by atoms with van der Waals surface area (Å²) in [6, 6.07) is 13.8. The van der Waals surface area contributed by atoms with E-state index in [1.54, 1.807) is 0 Å². The highest BCUT2D eigenvalue weighted by molar-refractivity contribution is 6.10. The van der Waals surface area contributed by atoms with Crippen molar-refractivity contribution in [2.75, 3.05) is 38.0 Å². The van der Waals surface area contributed by atoms with Crippen molar-refractivity contribution in [2.24, 2.45) is 0 Å².